The quantitative estimate of drug-likeness (QED) is 0.847. The molecule has 0 spiro atoms. The lowest BCUT2D eigenvalue weighted by molar-refractivity contribution is 0.0115. The zero-order chi connectivity index (χ0) is 10.9. The van der Waals surface area contributed by atoms with E-state index in [0.717, 1.165) is 5.39 Å². The van der Waals surface area contributed by atoms with Gasteiger partial charge >= 0.3 is 0 Å². The van der Waals surface area contributed by atoms with Crippen LogP contribution in [0.25, 0.3) is 11.0 Å². The Morgan fingerprint density at radius 1 is 1.27 bits per heavy atom. The second-order valence-corrected chi connectivity index (χ2v) is 3.53. The summed E-state index contributed by atoms with van der Waals surface area (Å²) in [5.74, 6) is -2.84. The molecular formula is C11H11F2NO. The van der Waals surface area contributed by atoms with E-state index in [-0.39, 0.29) is 6.42 Å². The van der Waals surface area contributed by atoms with Crippen LogP contribution in [0.15, 0.2) is 34.9 Å². The standard InChI is InChI=1S/C11H11F2NO/c12-11(13,7-14)6-8-1-2-10-9(5-8)3-4-15-10/h1-5H,6-7,14H2. The predicted octanol–water partition coefficient (Wildman–Crippen LogP) is 2.57. The van der Waals surface area contributed by atoms with Crippen LogP contribution in [0.4, 0.5) is 8.78 Å². The van der Waals surface area contributed by atoms with Gasteiger partial charge in [0.05, 0.1) is 12.8 Å². The fraction of sp³-hybridized carbons (Fsp3) is 0.273. The second kappa shape index (κ2) is 3.62. The maximum atomic E-state index is 13.0. The molecule has 4 heteroatoms. The topological polar surface area (TPSA) is 39.2 Å². The van der Waals surface area contributed by atoms with Crippen LogP contribution < -0.4 is 5.73 Å². The summed E-state index contributed by atoms with van der Waals surface area (Å²) in [6, 6.07) is 6.77. The molecule has 1 heterocycles. The monoisotopic (exact) mass is 211 g/mol. The normalized spacial score (nSPS) is 12.2. The van der Waals surface area contributed by atoms with E-state index >= 15 is 0 Å². The van der Waals surface area contributed by atoms with Crippen molar-refractivity contribution in [2.24, 2.45) is 5.73 Å². The van der Waals surface area contributed by atoms with Crippen LogP contribution >= 0.6 is 0 Å². The van der Waals surface area contributed by atoms with Crippen molar-refractivity contribution in [1.82, 2.24) is 0 Å². The van der Waals surface area contributed by atoms with Crippen LogP contribution in [-0.2, 0) is 6.42 Å². The third kappa shape index (κ3) is 2.15. The first-order valence-corrected chi connectivity index (χ1v) is 4.65. The van der Waals surface area contributed by atoms with Crippen molar-refractivity contribution >= 4 is 11.0 Å². The highest BCUT2D eigenvalue weighted by molar-refractivity contribution is 5.77. The van der Waals surface area contributed by atoms with Crippen molar-refractivity contribution in [3.05, 3.63) is 36.1 Å². The zero-order valence-corrected chi connectivity index (χ0v) is 8.04. The molecule has 2 aromatic rings. The number of rotatable bonds is 3. The van der Waals surface area contributed by atoms with E-state index in [1.54, 1.807) is 24.3 Å². The van der Waals surface area contributed by atoms with E-state index in [4.69, 9.17) is 10.2 Å². The van der Waals surface area contributed by atoms with Crippen molar-refractivity contribution in [2.75, 3.05) is 6.54 Å². The van der Waals surface area contributed by atoms with Gasteiger partial charge in [0, 0.05) is 11.8 Å². The van der Waals surface area contributed by atoms with Crippen LogP contribution in [0.5, 0.6) is 0 Å². The summed E-state index contributed by atoms with van der Waals surface area (Å²) in [6.45, 7) is -0.629. The average molecular weight is 211 g/mol. The number of hydrogen-bond donors (Lipinski definition) is 1. The summed E-state index contributed by atoms with van der Waals surface area (Å²) in [5.41, 5.74) is 6.25. The minimum Gasteiger partial charge on any atom is -0.464 e. The molecule has 0 atom stereocenters. The number of alkyl halides is 2. The van der Waals surface area contributed by atoms with E-state index in [1.807, 2.05) is 0 Å². The van der Waals surface area contributed by atoms with Crippen molar-refractivity contribution in [3.63, 3.8) is 0 Å². The van der Waals surface area contributed by atoms with Gasteiger partial charge < -0.3 is 10.2 Å². The van der Waals surface area contributed by atoms with E-state index in [0.29, 0.717) is 11.1 Å². The van der Waals surface area contributed by atoms with Crippen molar-refractivity contribution in [2.45, 2.75) is 12.3 Å². The molecule has 0 unspecified atom stereocenters. The van der Waals surface area contributed by atoms with Gasteiger partial charge in [-0.15, -0.1) is 0 Å². The van der Waals surface area contributed by atoms with Crippen LogP contribution in [0.3, 0.4) is 0 Å². The number of halogens is 2. The Labute approximate surface area is 85.7 Å². The molecule has 0 radical (unpaired) electrons. The molecule has 0 saturated heterocycles. The Morgan fingerprint density at radius 3 is 2.80 bits per heavy atom. The Balaban J connectivity index is 2.28. The fourth-order valence-corrected chi connectivity index (χ4v) is 1.50. The highest BCUT2D eigenvalue weighted by atomic mass is 19.3. The van der Waals surface area contributed by atoms with Gasteiger partial charge in [-0.3, -0.25) is 0 Å². The van der Waals surface area contributed by atoms with Gasteiger partial charge in [-0.25, -0.2) is 8.78 Å². The van der Waals surface area contributed by atoms with Crippen molar-refractivity contribution < 1.29 is 13.2 Å². The third-order valence-corrected chi connectivity index (χ3v) is 2.28. The van der Waals surface area contributed by atoms with Crippen LogP contribution in [0.2, 0.25) is 0 Å². The molecule has 0 aliphatic rings. The van der Waals surface area contributed by atoms with E-state index in [1.165, 1.54) is 6.26 Å². The average Bonchev–Trinajstić information content (AvgIpc) is 2.64. The summed E-state index contributed by atoms with van der Waals surface area (Å²) in [4.78, 5) is 0. The van der Waals surface area contributed by atoms with Gasteiger partial charge in [-0.2, -0.15) is 0 Å². The van der Waals surface area contributed by atoms with Gasteiger partial charge in [-0.05, 0) is 23.8 Å². The Bertz CT molecular complexity index is 464. The van der Waals surface area contributed by atoms with Crippen molar-refractivity contribution in [1.29, 1.82) is 0 Å². The van der Waals surface area contributed by atoms with E-state index < -0.39 is 12.5 Å². The lowest BCUT2D eigenvalue weighted by Crippen LogP contribution is -2.30. The molecule has 2 rings (SSSR count). The van der Waals surface area contributed by atoms with E-state index in [2.05, 4.69) is 0 Å². The van der Waals surface area contributed by atoms with Gasteiger partial charge in [0.15, 0.2) is 0 Å². The summed E-state index contributed by atoms with van der Waals surface area (Å²) in [5, 5.41) is 0.834. The molecule has 80 valence electrons. The lowest BCUT2D eigenvalue weighted by atomic mass is 10.1. The number of benzene rings is 1. The summed E-state index contributed by atoms with van der Waals surface area (Å²) in [6.07, 6.45) is 1.21. The predicted molar refractivity (Wildman–Crippen MR) is 53.9 cm³/mol. The van der Waals surface area contributed by atoms with Crippen LogP contribution in [0.1, 0.15) is 5.56 Å². The highest BCUT2D eigenvalue weighted by Crippen LogP contribution is 2.22. The molecule has 15 heavy (non-hydrogen) atoms. The maximum Gasteiger partial charge on any atom is 0.264 e. The number of furan rings is 1. The molecule has 2 N–H and O–H groups in total. The molecule has 0 bridgehead atoms. The lowest BCUT2D eigenvalue weighted by Gasteiger charge is -2.13. The Hall–Kier alpha value is -1.42. The van der Waals surface area contributed by atoms with E-state index in [9.17, 15) is 8.78 Å². The van der Waals surface area contributed by atoms with Gasteiger partial charge in [0.2, 0.25) is 0 Å². The molecule has 2 nitrogen and oxygen atoms in total. The summed E-state index contributed by atoms with van der Waals surface area (Å²) in [7, 11) is 0. The van der Waals surface area contributed by atoms with Gasteiger partial charge in [0.1, 0.15) is 5.58 Å². The molecular weight excluding hydrogens is 200 g/mol. The number of hydrogen-bond acceptors (Lipinski definition) is 2. The SMILES string of the molecule is NCC(F)(F)Cc1ccc2occc2c1. The Kier molecular flexibility index (Phi) is 2.44. The molecule has 1 aromatic carbocycles. The Morgan fingerprint density at radius 2 is 2.07 bits per heavy atom. The fourth-order valence-electron chi connectivity index (χ4n) is 1.50. The number of fused-ring (bicyclic) bond motifs is 1. The molecule has 0 fully saturated rings. The number of nitrogens with two attached hydrogens (primary N) is 1. The maximum absolute atomic E-state index is 13.0. The van der Waals surface area contributed by atoms with Crippen LogP contribution in [-0.4, -0.2) is 12.5 Å². The summed E-state index contributed by atoms with van der Waals surface area (Å²) < 4.78 is 31.1. The molecule has 0 saturated carbocycles. The highest BCUT2D eigenvalue weighted by Gasteiger charge is 2.26. The molecule has 0 aliphatic carbocycles. The summed E-state index contributed by atoms with van der Waals surface area (Å²) >= 11 is 0. The van der Waals surface area contributed by atoms with Crippen molar-refractivity contribution in [3.8, 4) is 0 Å². The second-order valence-electron chi connectivity index (χ2n) is 3.53. The largest absolute Gasteiger partial charge is 0.464 e. The van der Waals surface area contributed by atoms with Gasteiger partial charge in [-0.1, -0.05) is 6.07 Å². The first-order chi connectivity index (χ1) is 7.11. The first kappa shape index (κ1) is 10.1. The third-order valence-electron chi connectivity index (χ3n) is 2.28. The smallest absolute Gasteiger partial charge is 0.264 e. The molecule has 1 aromatic heterocycles. The van der Waals surface area contributed by atoms with Crippen LogP contribution in [0, 0.1) is 0 Å². The first-order valence-electron chi connectivity index (χ1n) is 4.65. The minimum absolute atomic E-state index is 0.329. The van der Waals surface area contributed by atoms with Gasteiger partial charge in [0.25, 0.3) is 5.92 Å². The minimum atomic E-state index is -2.84. The zero-order valence-electron chi connectivity index (χ0n) is 8.04. The molecule has 0 aliphatic heterocycles. The molecule has 0 amide bonds.